The predicted octanol–water partition coefficient (Wildman–Crippen LogP) is 1.65. The van der Waals surface area contributed by atoms with Crippen molar-refractivity contribution in [2.75, 3.05) is 0 Å². The molecule has 0 heterocycles. The van der Waals surface area contributed by atoms with E-state index < -0.39 is 5.97 Å². The van der Waals surface area contributed by atoms with Crippen LogP contribution in [0.3, 0.4) is 0 Å². The Hall–Kier alpha value is -1.74. The third-order valence-corrected chi connectivity index (χ3v) is 1.01. The minimum absolute atomic E-state index is 0. The monoisotopic (exact) mass is 240 g/mol. The summed E-state index contributed by atoms with van der Waals surface area (Å²) in [5, 5.41) is 10.1. The molecule has 0 N–H and O–H groups in total. The van der Waals surface area contributed by atoms with Gasteiger partial charge in [0.05, 0.1) is 5.97 Å². The van der Waals surface area contributed by atoms with E-state index in [4.69, 9.17) is 0 Å². The number of hydrogen-bond donors (Lipinski definition) is 0. The molecule has 16 heavy (non-hydrogen) atoms. The van der Waals surface area contributed by atoms with Gasteiger partial charge in [0.1, 0.15) is 0 Å². The lowest BCUT2D eigenvalue weighted by molar-refractivity contribution is -0.255. The van der Waals surface area contributed by atoms with E-state index in [9.17, 15) is 9.90 Å². The molecule has 0 saturated carbocycles. The number of hydrogen-bond acceptors (Lipinski definition) is 2. The molecule has 0 fully saturated rings. The van der Waals surface area contributed by atoms with Gasteiger partial charge in [-0.15, -0.1) is 39.5 Å². The van der Waals surface area contributed by atoms with Crippen LogP contribution in [0.2, 0.25) is 0 Å². The van der Waals surface area contributed by atoms with Gasteiger partial charge in [-0.1, -0.05) is 43.8 Å². The Morgan fingerprint density at radius 2 is 1.19 bits per heavy atom. The van der Waals surface area contributed by atoms with Crippen LogP contribution in [0.25, 0.3) is 0 Å². The first kappa shape index (κ1) is 23.8. The number of rotatable bonds is 1. The number of carboxylic acids is 1. The van der Waals surface area contributed by atoms with Gasteiger partial charge >= 0.3 is 0 Å². The Balaban J connectivity index is -0.0000000900. The van der Waals surface area contributed by atoms with Gasteiger partial charge in [0, 0.05) is 0 Å². The van der Waals surface area contributed by atoms with E-state index in [1.165, 1.54) is 12.1 Å². The highest BCUT2D eigenvalue weighted by Gasteiger charge is 1.85. The molecule has 3 heteroatoms. The van der Waals surface area contributed by atoms with Crippen LogP contribution in [0.4, 0.5) is 0 Å². The second-order valence-corrected chi connectivity index (χ2v) is 1.65. The summed E-state index contributed by atoms with van der Waals surface area (Å²) in [6.45, 7) is 18.0. The highest BCUT2D eigenvalue weighted by molar-refractivity contribution is 7.37. The lowest BCUT2D eigenvalue weighted by atomic mass is 10.2. The third kappa shape index (κ3) is 14.8. The van der Waals surface area contributed by atoms with E-state index in [0.717, 1.165) is 0 Å². The van der Waals surface area contributed by atoms with Gasteiger partial charge < -0.3 is 9.90 Å². The second kappa shape index (κ2) is 23.2. The molecular formula is C13H20O2S. The molecule has 0 saturated heterocycles. The third-order valence-electron chi connectivity index (χ3n) is 1.01. The van der Waals surface area contributed by atoms with Crippen LogP contribution in [0.5, 0.6) is 0 Å². The van der Waals surface area contributed by atoms with Crippen LogP contribution >= 0.6 is 0 Å². The molecule has 0 aliphatic carbocycles. The molecule has 1 rings (SSSR count). The van der Waals surface area contributed by atoms with E-state index in [0.29, 0.717) is 0 Å². The number of benzene rings is 1. The van der Waals surface area contributed by atoms with Crippen molar-refractivity contribution in [3.05, 3.63) is 75.4 Å². The van der Waals surface area contributed by atoms with Crippen molar-refractivity contribution in [3.8, 4) is 0 Å². The van der Waals surface area contributed by atoms with Crippen molar-refractivity contribution >= 4 is 19.5 Å². The molecule has 1 aromatic carbocycles. The Morgan fingerprint density at radius 3 is 1.38 bits per heavy atom. The SMILES string of the molecule is C=C.C=C.C=C.O=C([O-])c1ccccc1.[SH3+]. The van der Waals surface area contributed by atoms with Gasteiger partial charge in [-0.05, 0) is 5.56 Å². The summed E-state index contributed by atoms with van der Waals surface area (Å²) in [5.41, 5.74) is 0.220. The standard InChI is InChI=1S/C7H6O2.3C2H4.H2S/c8-7(9)6-4-2-1-3-5-6;3*1-2;/h1-5H,(H,8,9);3*1-2H2;1H2. The molecule has 0 atom stereocenters. The van der Waals surface area contributed by atoms with Gasteiger partial charge in [0.2, 0.25) is 0 Å². The van der Waals surface area contributed by atoms with Crippen LogP contribution in [0, 0.1) is 0 Å². The maximum atomic E-state index is 10.1. The van der Waals surface area contributed by atoms with Crippen molar-refractivity contribution in [2.45, 2.75) is 0 Å². The summed E-state index contributed by atoms with van der Waals surface area (Å²) >= 11 is 0. The zero-order valence-electron chi connectivity index (χ0n) is 9.52. The fourth-order valence-electron chi connectivity index (χ4n) is 0.574. The lowest BCUT2D eigenvalue weighted by Crippen LogP contribution is -2.21. The maximum absolute atomic E-state index is 10.1. The van der Waals surface area contributed by atoms with Gasteiger partial charge in [0.25, 0.3) is 0 Å². The van der Waals surface area contributed by atoms with Gasteiger partial charge in [0.15, 0.2) is 0 Å². The zero-order chi connectivity index (χ0) is 12.7. The number of aromatic carboxylic acids is 1. The average Bonchev–Trinajstić information content (AvgIpc) is 2.38. The van der Waals surface area contributed by atoms with Crippen molar-refractivity contribution in [1.82, 2.24) is 0 Å². The van der Waals surface area contributed by atoms with Crippen LogP contribution in [0.15, 0.2) is 69.8 Å². The Labute approximate surface area is 105 Å². The molecule has 0 unspecified atom stereocenters. The fraction of sp³-hybridized carbons (Fsp3) is 0. The molecule has 0 bridgehead atoms. The molecule has 90 valence electrons. The minimum Gasteiger partial charge on any atom is -0.545 e. The van der Waals surface area contributed by atoms with Crippen LogP contribution in [0.1, 0.15) is 10.4 Å². The second-order valence-electron chi connectivity index (χ2n) is 1.65. The number of carbonyl (C=O) groups excluding carboxylic acids is 1. The van der Waals surface area contributed by atoms with Crippen LogP contribution in [-0.2, 0) is 13.5 Å². The molecule has 0 aliphatic rings. The molecule has 1 aromatic rings. The first-order valence-corrected chi connectivity index (χ1v) is 4.07. The molecule has 0 aliphatic heterocycles. The molecule has 0 amide bonds. The lowest BCUT2D eigenvalue weighted by Gasteiger charge is -1.97. The molecule has 0 aromatic heterocycles. The first-order valence-electron chi connectivity index (χ1n) is 4.07. The zero-order valence-corrected chi connectivity index (χ0v) is 10.7. The van der Waals surface area contributed by atoms with Gasteiger partial charge in [-0.25, -0.2) is 0 Å². The van der Waals surface area contributed by atoms with Crippen LogP contribution in [-0.4, -0.2) is 5.97 Å². The van der Waals surface area contributed by atoms with Gasteiger partial charge in [-0.3, -0.25) is 0 Å². The Morgan fingerprint density at radius 1 is 0.875 bits per heavy atom. The highest BCUT2D eigenvalue weighted by Crippen LogP contribution is 1.94. The minimum atomic E-state index is -1.13. The van der Waals surface area contributed by atoms with Crippen molar-refractivity contribution in [1.29, 1.82) is 0 Å². The maximum Gasteiger partial charge on any atom is 0.0715 e. The van der Waals surface area contributed by atoms with E-state index in [1.807, 2.05) is 0 Å². The summed E-state index contributed by atoms with van der Waals surface area (Å²) in [6, 6.07) is 8.06. The summed E-state index contributed by atoms with van der Waals surface area (Å²) in [6.07, 6.45) is 0. The van der Waals surface area contributed by atoms with Crippen LogP contribution < -0.4 is 5.11 Å². The Bertz CT molecular complexity index is 243. The molecule has 0 radical (unpaired) electrons. The smallest absolute Gasteiger partial charge is 0.0715 e. The normalized spacial score (nSPS) is 5.75. The summed E-state index contributed by atoms with van der Waals surface area (Å²) in [4.78, 5) is 10.1. The van der Waals surface area contributed by atoms with E-state index in [2.05, 4.69) is 39.5 Å². The summed E-state index contributed by atoms with van der Waals surface area (Å²) < 4.78 is 0. The highest BCUT2D eigenvalue weighted by atomic mass is 32.1. The molecule has 0 spiro atoms. The summed E-state index contributed by atoms with van der Waals surface area (Å²) in [7, 11) is 0. The van der Waals surface area contributed by atoms with Crippen molar-refractivity contribution < 1.29 is 9.90 Å². The van der Waals surface area contributed by atoms with E-state index in [1.54, 1.807) is 18.2 Å². The quantitative estimate of drug-likeness (QED) is 0.553. The molecule has 2 nitrogen and oxygen atoms in total. The largest absolute Gasteiger partial charge is 0.545 e. The van der Waals surface area contributed by atoms with E-state index >= 15 is 0 Å². The first-order chi connectivity index (χ1) is 7.30. The Kier molecular flexibility index (Phi) is 34.6. The molecular weight excluding hydrogens is 220 g/mol. The topological polar surface area (TPSA) is 40.1 Å². The van der Waals surface area contributed by atoms with Crippen molar-refractivity contribution in [3.63, 3.8) is 0 Å². The fourth-order valence-corrected chi connectivity index (χ4v) is 0.574. The van der Waals surface area contributed by atoms with Crippen molar-refractivity contribution in [2.24, 2.45) is 0 Å². The van der Waals surface area contributed by atoms with E-state index in [-0.39, 0.29) is 19.1 Å². The number of carbonyl (C=O) groups is 1. The average molecular weight is 240 g/mol. The summed E-state index contributed by atoms with van der Waals surface area (Å²) in [5.74, 6) is -1.13. The van der Waals surface area contributed by atoms with Gasteiger partial charge in [-0.2, -0.15) is 0 Å². The predicted molar refractivity (Wildman–Crippen MR) is 76.1 cm³/mol. The number of carboxylic acid groups (broad SMARTS) is 1.